The minimum atomic E-state index is -0.130. The molecule has 138 heavy (non-hydrogen) atoms. The van der Waals surface area contributed by atoms with Gasteiger partial charge in [-0.05, 0) is 329 Å². The molecular formula is C138H98. The maximum absolute atomic E-state index is 2.53. The highest BCUT2D eigenvalue weighted by atomic mass is 14.4. The Morgan fingerprint density at radius 2 is 0.297 bits per heavy atom. The van der Waals surface area contributed by atoms with Crippen LogP contribution in [0.5, 0.6) is 0 Å². The lowest BCUT2D eigenvalue weighted by atomic mass is 9.79. The van der Waals surface area contributed by atoms with E-state index in [1.807, 2.05) is 0 Å². The summed E-state index contributed by atoms with van der Waals surface area (Å²) in [5.74, 6) is 0. The molecule has 0 fully saturated rings. The molecule has 24 aromatic rings. The zero-order valence-electron chi connectivity index (χ0n) is 78.7. The van der Waals surface area contributed by atoms with E-state index in [4.69, 9.17) is 0 Å². The first-order valence-electron chi connectivity index (χ1n) is 49.0. The van der Waals surface area contributed by atoms with Crippen LogP contribution in [0.15, 0.2) is 449 Å². The van der Waals surface area contributed by atoms with Gasteiger partial charge in [0.2, 0.25) is 0 Å². The molecule has 0 radical (unpaired) electrons. The van der Waals surface area contributed by atoms with E-state index in [0.717, 1.165) is 0 Å². The van der Waals surface area contributed by atoms with Crippen LogP contribution in [-0.4, -0.2) is 0 Å². The van der Waals surface area contributed by atoms with Crippen molar-refractivity contribution in [3.05, 3.63) is 493 Å². The molecule has 0 amide bonds. The van der Waals surface area contributed by atoms with Gasteiger partial charge in [-0.1, -0.05) is 462 Å². The van der Waals surface area contributed by atoms with Gasteiger partial charge < -0.3 is 0 Å². The summed E-state index contributed by atoms with van der Waals surface area (Å²) in [6, 6.07) is 170. The summed E-state index contributed by atoms with van der Waals surface area (Å²) in [4.78, 5) is 0. The highest BCUT2D eigenvalue weighted by Gasteiger charge is 2.41. The van der Waals surface area contributed by atoms with Crippen LogP contribution in [0.3, 0.4) is 0 Å². The average Bonchev–Trinajstić information content (AvgIpc) is 1.33. The van der Waals surface area contributed by atoms with Crippen LogP contribution in [0.2, 0.25) is 0 Å². The molecular weight excluding hydrogens is 1660 g/mol. The minimum absolute atomic E-state index is 0.115. The first kappa shape index (κ1) is 81.2. The standard InChI is InChI=1S/C70H50.C68H48/c1-69(2)61-28-16-14-20-49(61)51-37-34-47(41-63(51)69)67-57-26-12-13-27-58(57)68(48-35-38-52-50-21-15-17-29-62(50)70(3,4)64(52)42-48)60-40-46(36-39-59(60)67)66-55-24-10-8-22-53(55)65(54-23-9-11-25-56(54)66)45-32-30-44(31-33-45)43-18-6-5-7-19-43;1-67(2)59-27-15-13-19-47(59)49-34-31-45(39-61(49)67)65-55-25-11-12-26-56(55)66(46-32-35-50-48-20-14-16-28-60(48)68(3,4)62(50)40-46)58-38-44(33-36-57(58)65)64-53-23-9-7-21-51(53)63(52-22-8-10-24-54(52)64)43-30-29-41-17-5-6-18-42(41)37-43/h5-42H,1-4H3;5-40H,1-4H3. The molecule has 0 spiro atoms. The Morgan fingerprint density at radius 1 is 0.109 bits per heavy atom. The minimum Gasteiger partial charge on any atom is -0.0622 e. The van der Waals surface area contributed by atoms with Crippen LogP contribution in [0.25, 0.3) is 242 Å². The van der Waals surface area contributed by atoms with Crippen LogP contribution >= 0.6 is 0 Å². The van der Waals surface area contributed by atoms with Gasteiger partial charge in [-0.2, -0.15) is 0 Å². The van der Waals surface area contributed by atoms with E-state index in [9.17, 15) is 0 Å². The molecule has 0 nitrogen and oxygen atoms in total. The monoisotopic (exact) mass is 1750 g/mol. The summed E-state index contributed by atoms with van der Waals surface area (Å²) in [5.41, 5.74) is 44.0. The fourth-order valence-corrected chi connectivity index (χ4v) is 25.7. The van der Waals surface area contributed by atoms with Crippen molar-refractivity contribution in [1.29, 1.82) is 0 Å². The lowest BCUT2D eigenvalue weighted by Crippen LogP contribution is -2.15. The van der Waals surface area contributed by atoms with Crippen molar-refractivity contribution >= 4 is 97.0 Å². The Hall–Kier alpha value is -16.4. The van der Waals surface area contributed by atoms with Crippen molar-refractivity contribution in [2.45, 2.75) is 77.0 Å². The van der Waals surface area contributed by atoms with E-state index in [0.29, 0.717) is 0 Å². The van der Waals surface area contributed by atoms with Gasteiger partial charge in [0.1, 0.15) is 0 Å². The Labute approximate surface area is 806 Å². The zero-order valence-corrected chi connectivity index (χ0v) is 78.7. The molecule has 650 valence electrons. The molecule has 28 rings (SSSR count). The summed E-state index contributed by atoms with van der Waals surface area (Å²) < 4.78 is 0. The van der Waals surface area contributed by atoms with Crippen LogP contribution in [0.1, 0.15) is 99.9 Å². The number of rotatable bonds is 9. The number of benzene rings is 24. The lowest BCUT2D eigenvalue weighted by molar-refractivity contribution is 0.660. The quantitative estimate of drug-likeness (QED) is 0.126. The van der Waals surface area contributed by atoms with Crippen LogP contribution in [-0.2, 0) is 21.7 Å². The van der Waals surface area contributed by atoms with Gasteiger partial charge in [0.15, 0.2) is 0 Å². The molecule has 0 saturated heterocycles. The molecule has 0 atom stereocenters. The average molecular weight is 1760 g/mol. The van der Waals surface area contributed by atoms with Crippen molar-refractivity contribution in [2.75, 3.05) is 0 Å². The third kappa shape index (κ3) is 12.1. The van der Waals surface area contributed by atoms with Crippen LogP contribution < -0.4 is 0 Å². The molecule has 24 aromatic carbocycles. The molecule has 0 heterocycles. The zero-order chi connectivity index (χ0) is 92.3. The van der Waals surface area contributed by atoms with Crippen LogP contribution in [0.4, 0.5) is 0 Å². The first-order chi connectivity index (χ1) is 67.5. The van der Waals surface area contributed by atoms with E-state index in [1.54, 1.807) is 0 Å². The molecule has 0 bridgehead atoms. The highest BCUT2D eigenvalue weighted by Crippen LogP contribution is 2.59. The maximum atomic E-state index is 2.53. The largest absolute Gasteiger partial charge is 0.0622 e. The smallest absolute Gasteiger partial charge is 0.0159 e. The molecule has 4 aliphatic carbocycles. The van der Waals surface area contributed by atoms with E-state index in [1.165, 1.54) is 286 Å². The van der Waals surface area contributed by atoms with Crippen molar-refractivity contribution in [2.24, 2.45) is 0 Å². The summed E-state index contributed by atoms with van der Waals surface area (Å²) in [6.45, 7) is 19.1. The van der Waals surface area contributed by atoms with Gasteiger partial charge >= 0.3 is 0 Å². The topological polar surface area (TPSA) is 0 Å². The Kier molecular flexibility index (Phi) is 18.0. The van der Waals surface area contributed by atoms with E-state index >= 15 is 0 Å². The summed E-state index contributed by atoms with van der Waals surface area (Å²) >= 11 is 0. The molecule has 0 N–H and O–H groups in total. The second kappa shape index (κ2) is 30.6. The molecule has 4 aliphatic rings. The van der Waals surface area contributed by atoms with Gasteiger partial charge in [0.25, 0.3) is 0 Å². The summed E-state index contributed by atoms with van der Waals surface area (Å²) in [6.07, 6.45) is 0. The molecule has 0 aromatic heterocycles. The fraction of sp³-hybridized carbons (Fsp3) is 0.0870. The van der Waals surface area contributed by atoms with Crippen molar-refractivity contribution < 1.29 is 0 Å². The molecule has 0 saturated carbocycles. The lowest BCUT2D eigenvalue weighted by Gasteiger charge is -2.24. The highest BCUT2D eigenvalue weighted by molar-refractivity contribution is 6.28. The summed E-state index contributed by atoms with van der Waals surface area (Å²) in [5, 5.41) is 22.7. The van der Waals surface area contributed by atoms with Gasteiger partial charge in [0, 0.05) is 21.7 Å². The van der Waals surface area contributed by atoms with Gasteiger partial charge in [-0.3, -0.25) is 0 Å². The Balaban J connectivity index is 0.000000139. The predicted molar refractivity (Wildman–Crippen MR) is 590 cm³/mol. The van der Waals surface area contributed by atoms with Crippen molar-refractivity contribution in [1.82, 2.24) is 0 Å². The normalized spacial score (nSPS) is 14.0. The maximum Gasteiger partial charge on any atom is 0.0159 e. The SMILES string of the molecule is CC1(C)c2ccccc2-c2ccc(-c3c4ccccc4c(-c4ccc5c(c4)C(C)(C)c4ccccc4-5)c4cc(-c5c6ccccc6c(-c6ccc(-c7ccccc7)cc6)c6ccccc56)ccc34)cc21.CC1(C)c2ccccc2-c2ccc(-c3c4ccccc4c(-c4ccc5c(c4)C(C)(C)c4ccccc4-5)c4cc(-c5c6ccccc6c(-c6ccc7ccccc7c6)c6ccccc56)ccc34)cc21. The Morgan fingerprint density at radius 3 is 0.601 bits per heavy atom. The predicted octanol–water partition coefficient (Wildman–Crippen LogP) is 38.0. The fourth-order valence-electron chi connectivity index (χ4n) is 25.7. The molecule has 0 unspecified atom stereocenters. The number of hydrogen-bond acceptors (Lipinski definition) is 0. The van der Waals surface area contributed by atoms with Crippen LogP contribution in [0, 0.1) is 0 Å². The number of hydrogen-bond donors (Lipinski definition) is 0. The summed E-state index contributed by atoms with van der Waals surface area (Å²) in [7, 11) is 0. The van der Waals surface area contributed by atoms with Gasteiger partial charge in [-0.15, -0.1) is 0 Å². The molecule has 0 aliphatic heterocycles. The van der Waals surface area contributed by atoms with Gasteiger partial charge in [-0.25, -0.2) is 0 Å². The molecule has 0 heteroatoms. The van der Waals surface area contributed by atoms with E-state index < -0.39 is 0 Å². The second-order valence-electron chi connectivity index (χ2n) is 41.0. The van der Waals surface area contributed by atoms with Gasteiger partial charge in [0.05, 0.1) is 0 Å². The van der Waals surface area contributed by atoms with Crippen molar-refractivity contribution in [3.63, 3.8) is 0 Å². The first-order valence-corrected chi connectivity index (χ1v) is 49.0. The third-order valence-electron chi connectivity index (χ3n) is 32.3. The third-order valence-corrected chi connectivity index (χ3v) is 32.3. The number of fused-ring (bicyclic) bond motifs is 21. The van der Waals surface area contributed by atoms with E-state index in [2.05, 4.69) is 504 Å². The van der Waals surface area contributed by atoms with E-state index in [-0.39, 0.29) is 21.7 Å². The Bertz CT molecular complexity index is 9250. The van der Waals surface area contributed by atoms with Crippen molar-refractivity contribution in [3.8, 4) is 145 Å². The second-order valence-corrected chi connectivity index (χ2v) is 41.0.